The minimum atomic E-state index is -0.581. The van der Waals surface area contributed by atoms with Gasteiger partial charge in [-0.2, -0.15) is 5.10 Å². The molecule has 10 heteroatoms. The third kappa shape index (κ3) is 4.50. The Balaban J connectivity index is 1.43. The summed E-state index contributed by atoms with van der Waals surface area (Å²) >= 11 is 0. The van der Waals surface area contributed by atoms with Crippen LogP contribution in [-0.4, -0.2) is 36.0 Å². The number of rotatable bonds is 4. The SMILES string of the molecule is CC(C)(C)C(=O)Nc1cncc(-c2cc(F)c3n[nH]c(-c4nc5nccc(-c6cccc(F)c6)c5[nH]4)c3c2)c1. The van der Waals surface area contributed by atoms with Crippen LogP contribution in [0.2, 0.25) is 0 Å². The van der Waals surface area contributed by atoms with Crippen LogP contribution in [0.5, 0.6) is 0 Å². The van der Waals surface area contributed by atoms with Crippen molar-refractivity contribution in [2.24, 2.45) is 5.41 Å². The van der Waals surface area contributed by atoms with E-state index in [2.05, 4.69) is 35.5 Å². The standard InChI is InChI=1S/C29H23F2N7O/c1-29(2,3)28(39)34-19-10-17(13-32-14-19)16-11-21-23(22(31)12-16)37-38-25(21)27-35-24-20(7-8-33-26(24)36-27)15-5-4-6-18(30)9-15/h4-14H,1-3H3,(H,34,39)(H,37,38)(H,33,35,36). The van der Waals surface area contributed by atoms with Gasteiger partial charge in [0.25, 0.3) is 0 Å². The molecule has 0 atom stereocenters. The van der Waals surface area contributed by atoms with Crippen LogP contribution in [0.3, 0.4) is 0 Å². The van der Waals surface area contributed by atoms with Crippen molar-refractivity contribution < 1.29 is 13.6 Å². The molecule has 0 radical (unpaired) electrons. The molecule has 4 aromatic heterocycles. The number of imidazole rings is 1. The molecular formula is C29H23F2N7O. The molecule has 194 valence electrons. The summed E-state index contributed by atoms with van der Waals surface area (Å²) in [5, 5.41) is 10.4. The summed E-state index contributed by atoms with van der Waals surface area (Å²) in [7, 11) is 0. The molecule has 2 aromatic carbocycles. The van der Waals surface area contributed by atoms with E-state index in [1.807, 2.05) is 20.8 Å². The Bertz CT molecular complexity index is 1880. The Morgan fingerprint density at radius 3 is 2.62 bits per heavy atom. The van der Waals surface area contributed by atoms with Crippen LogP contribution >= 0.6 is 0 Å². The fraction of sp³-hybridized carbons (Fsp3) is 0.138. The average molecular weight is 524 g/mol. The number of halogens is 2. The molecule has 39 heavy (non-hydrogen) atoms. The number of hydrogen-bond acceptors (Lipinski definition) is 5. The Labute approximate surface area is 221 Å². The first kappa shape index (κ1) is 24.4. The number of hydrogen-bond donors (Lipinski definition) is 3. The van der Waals surface area contributed by atoms with Crippen molar-refractivity contribution in [3.05, 3.63) is 78.8 Å². The van der Waals surface area contributed by atoms with Gasteiger partial charge in [0, 0.05) is 34.3 Å². The third-order valence-corrected chi connectivity index (χ3v) is 6.39. The van der Waals surface area contributed by atoms with Crippen LogP contribution in [0.15, 0.2) is 67.1 Å². The van der Waals surface area contributed by atoms with Gasteiger partial charge in [0.05, 0.1) is 17.4 Å². The number of nitrogens with one attached hydrogen (secondary N) is 3. The fourth-order valence-electron chi connectivity index (χ4n) is 4.33. The maximum atomic E-state index is 15.2. The van der Waals surface area contributed by atoms with Crippen molar-refractivity contribution in [2.75, 3.05) is 5.32 Å². The Kier molecular flexibility index (Phi) is 5.67. The zero-order valence-corrected chi connectivity index (χ0v) is 21.3. The van der Waals surface area contributed by atoms with Gasteiger partial charge < -0.3 is 10.3 Å². The second kappa shape index (κ2) is 9.09. The predicted molar refractivity (Wildman–Crippen MR) is 146 cm³/mol. The van der Waals surface area contributed by atoms with Gasteiger partial charge in [-0.3, -0.25) is 14.9 Å². The third-order valence-electron chi connectivity index (χ3n) is 6.39. The smallest absolute Gasteiger partial charge is 0.229 e. The van der Waals surface area contributed by atoms with Gasteiger partial charge in [-0.15, -0.1) is 0 Å². The molecule has 6 rings (SSSR count). The van der Waals surface area contributed by atoms with E-state index in [1.54, 1.807) is 48.9 Å². The van der Waals surface area contributed by atoms with E-state index in [0.29, 0.717) is 50.4 Å². The predicted octanol–water partition coefficient (Wildman–Crippen LogP) is 6.49. The molecule has 0 fully saturated rings. The molecule has 0 aliphatic carbocycles. The molecule has 0 aliphatic rings. The van der Waals surface area contributed by atoms with E-state index in [4.69, 9.17) is 0 Å². The number of aromatic amines is 2. The lowest BCUT2D eigenvalue weighted by Crippen LogP contribution is -2.27. The average Bonchev–Trinajstić information content (AvgIpc) is 3.52. The number of benzene rings is 2. The maximum Gasteiger partial charge on any atom is 0.229 e. The van der Waals surface area contributed by atoms with Crippen molar-refractivity contribution in [3.8, 4) is 33.8 Å². The molecule has 3 N–H and O–H groups in total. The zero-order valence-electron chi connectivity index (χ0n) is 21.3. The van der Waals surface area contributed by atoms with Gasteiger partial charge >= 0.3 is 0 Å². The van der Waals surface area contributed by atoms with Crippen LogP contribution in [0.25, 0.3) is 55.8 Å². The van der Waals surface area contributed by atoms with Crippen molar-refractivity contribution in [1.82, 2.24) is 30.1 Å². The zero-order chi connectivity index (χ0) is 27.3. The second-order valence-electron chi connectivity index (χ2n) is 10.3. The first-order valence-electron chi connectivity index (χ1n) is 12.2. The first-order valence-corrected chi connectivity index (χ1v) is 12.2. The minimum absolute atomic E-state index is 0.151. The monoisotopic (exact) mass is 523 g/mol. The van der Waals surface area contributed by atoms with Gasteiger partial charge in [0.1, 0.15) is 17.0 Å². The number of anilines is 1. The van der Waals surface area contributed by atoms with Crippen LogP contribution in [0.1, 0.15) is 20.8 Å². The van der Waals surface area contributed by atoms with E-state index in [-0.39, 0.29) is 17.2 Å². The molecule has 0 saturated heterocycles. The highest BCUT2D eigenvalue weighted by atomic mass is 19.1. The van der Waals surface area contributed by atoms with E-state index >= 15 is 4.39 Å². The summed E-state index contributed by atoms with van der Waals surface area (Å²) in [5.74, 6) is -0.624. The summed E-state index contributed by atoms with van der Waals surface area (Å²) < 4.78 is 29.1. The van der Waals surface area contributed by atoms with E-state index < -0.39 is 11.2 Å². The lowest BCUT2D eigenvalue weighted by atomic mass is 9.95. The molecule has 0 spiro atoms. The van der Waals surface area contributed by atoms with E-state index in [0.717, 1.165) is 5.56 Å². The van der Waals surface area contributed by atoms with Gasteiger partial charge in [-0.1, -0.05) is 32.9 Å². The normalized spacial score (nSPS) is 11.8. The fourth-order valence-corrected chi connectivity index (χ4v) is 4.33. The minimum Gasteiger partial charge on any atom is -0.335 e. The number of fused-ring (bicyclic) bond motifs is 2. The molecular weight excluding hydrogens is 500 g/mol. The van der Waals surface area contributed by atoms with Crippen molar-refractivity contribution in [2.45, 2.75) is 20.8 Å². The number of carbonyl (C=O) groups is 1. The molecule has 0 saturated carbocycles. The number of nitrogens with zero attached hydrogens (tertiary/aromatic N) is 4. The summed E-state index contributed by atoms with van der Waals surface area (Å²) in [4.78, 5) is 28.9. The molecule has 0 unspecified atom stereocenters. The topological polar surface area (TPSA) is 112 Å². The van der Waals surface area contributed by atoms with E-state index in [1.165, 1.54) is 18.2 Å². The number of carbonyl (C=O) groups excluding carboxylic acids is 1. The van der Waals surface area contributed by atoms with Crippen LogP contribution < -0.4 is 5.32 Å². The Morgan fingerprint density at radius 1 is 0.974 bits per heavy atom. The number of amides is 1. The van der Waals surface area contributed by atoms with Crippen LogP contribution in [0.4, 0.5) is 14.5 Å². The lowest BCUT2D eigenvalue weighted by molar-refractivity contribution is -0.123. The van der Waals surface area contributed by atoms with Gasteiger partial charge in [0.2, 0.25) is 5.91 Å². The second-order valence-corrected chi connectivity index (χ2v) is 10.3. The van der Waals surface area contributed by atoms with Crippen molar-refractivity contribution in [3.63, 3.8) is 0 Å². The van der Waals surface area contributed by atoms with E-state index in [9.17, 15) is 9.18 Å². The number of aromatic nitrogens is 6. The van der Waals surface area contributed by atoms with Gasteiger partial charge in [-0.25, -0.2) is 18.7 Å². The van der Waals surface area contributed by atoms with Crippen LogP contribution in [-0.2, 0) is 4.79 Å². The number of pyridine rings is 2. The molecule has 1 amide bonds. The highest BCUT2D eigenvalue weighted by molar-refractivity contribution is 5.98. The summed E-state index contributed by atoms with van der Waals surface area (Å²) in [6.45, 7) is 5.45. The van der Waals surface area contributed by atoms with Gasteiger partial charge in [-0.05, 0) is 47.5 Å². The molecule has 8 nitrogen and oxygen atoms in total. The molecule has 0 bridgehead atoms. The summed E-state index contributed by atoms with van der Waals surface area (Å²) in [6.07, 6.45) is 4.75. The molecule has 6 aromatic rings. The lowest BCUT2D eigenvalue weighted by Gasteiger charge is -2.17. The number of H-pyrrole nitrogens is 2. The maximum absolute atomic E-state index is 15.2. The summed E-state index contributed by atoms with van der Waals surface area (Å²) in [6, 6.07) is 12.9. The van der Waals surface area contributed by atoms with Crippen molar-refractivity contribution >= 4 is 33.7 Å². The molecule has 0 aliphatic heterocycles. The highest BCUT2D eigenvalue weighted by Gasteiger charge is 2.22. The Morgan fingerprint density at radius 2 is 1.82 bits per heavy atom. The quantitative estimate of drug-likeness (QED) is 0.244. The Hall–Kier alpha value is -4.99. The van der Waals surface area contributed by atoms with Gasteiger partial charge in [0.15, 0.2) is 17.3 Å². The van der Waals surface area contributed by atoms with Crippen molar-refractivity contribution in [1.29, 1.82) is 0 Å². The van der Waals surface area contributed by atoms with Crippen LogP contribution in [0, 0.1) is 17.0 Å². The first-order chi connectivity index (χ1) is 18.7. The molecule has 4 heterocycles. The highest BCUT2D eigenvalue weighted by Crippen LogP contribution is 2.34. The summed E-state index contributed by atoms with van der Waals surface area (Å²) in [5.41, 5.74) is 4.17. The largest absolute Gasteiger partial charge is 0.335 e.